The Labute approximate surface area is 117 Å². The van der Waals surface area contributed by atoms with Crippen molar-refractivity contribution in [2.75, 3.05) is 11.1 Å². The molecule has 0 unspecified atom stereocenters. The Bertz CT molecular complexity index is 626. The fourth-order valence-corrected chi connectivity index (χ4v) is 1.76. The maximum absolute atomic E-state index is 13.5. The minimum Gasteiger partial charge on any atom is -0.507 e. The molecule has 0 radical (unpaired) electrons. The molecule has 0 bridgehead atoms. The minimum absolute atomic E-state index is 0.0742. The lowest BCUT2D eigenvalue weighted by Crippen LogP contribution is -2.14. The Morgan fingerprint density at radius 3 is 2.68 bits per heavy atom. The number of nitrogens with one attached hydrogen (secondary N) is 1. The Kier molecular flexibility index (Phi) is 3.71. The van der Waals surface area contributed by atoms with Crippen molar-refractivity contribution >= 4 is 33.2 Å². The molecule has 19 heavy (non-hydrogen) atoms. The predicted molar refractivity (Wildman–Crippen MR) is 74.6 cm³/mol. The monoisotopic (exact) mass is 324 g/mol. The third kappa shape index (κ3) is 2.85. The van der Waals surface area contributed by atoms with Crippen molar-refractivity contribution in [3.63, 3.8) is 0 Å². The summed E-state index contributed by atoms with van der Waals surface area (Å²) in [6.07, 6.45) is 0. The van der Waals surface area contributed by atoms with Gasteiger partial charge in [0.1, 0.15) is 17.3 Å². The van der Waals surface area contributed by atoms with Gasteiger partial charge in [-0.1, -0.05) is 6.07 Å². The molecule has 0 aliphatic heterocycles. The Morgan fingerprint density at radius 2 is 2.05 bits per heavy atom. The summed E-state index contributed by atoms with van der Waals surface area (Å²) in [4.78, 5) is 11.9. The molecule has 0 aliphatic carbocycles. The van der Waals surface area contributed by atoms with Crippen LogP contribution >= 0.6 is 15.9 Å². The molecule has 4 nitrogen and oxygen atoms in total. The summed E-state index contributed by atoms with van der Waals surface area (Å²) in [5.41, 5.74) is 5.85. The number of para-hydroxylation sites is 1. The Morgan fingerprint density at radius 1 is 1.32 bits per heavy atom. The molecule has 0 heterocycles. The number of amides is 1. The summed E-state index contributed by atoms with van der Waals surface area (Å²) in [5, 5.41) is 11.9. The van der Waals surface area contributed by atoms with Gasteiger partial charge in [-0.05, 0) is 46.3 Å². The molecular formula is C13H10BrFN2O2. The van der Waals surface area contributed by atoms with E-state index in [-0.39, 0.29) is 22.7 Å². The van der Waals surface area contributed by atoms with Gasteiger partial charge in [0.05, 0.1) is 10.2 Å². The first-order valence-electron chi connectivity index (χ1n) is 5.33. The minimum atomic E-state index is -0.616. The van der Waals surface area contributed by atoms with Crippen molar-refractivity contribution in [1.29, 1.82) is 0 Å². The number of nitrogens with two attached hydrogens (primary N) is 1. The molecule has 2 aromatic rings. The molecule has 0 fully saturated rings. The van der Waals surface area contributed by atoms with E-state index in [2.05, 4.69) is 21.2 Å². The standard InChI is InChI=1S/C13H10BrFN2O2/c14-8-5-4-7(6-11(8)18)13(19)17-12-9(15)2-1-3-10(12)16/h1-6,18H,16H2,(H,17,19). The zero-order valence-corrected chi connectivity index (χ0v) is 11.2. The smallest absolute Gasteiger partial charge is 0.255 e. The van der Waals surface area contributed by atoms with E-state index in [4.69, 9.17) is 5.73 Å². The van der Waals surface area contributed by atoms with E-state index in [0.29, 0.717) is 4.47 Å². The van der Waals surface area contributed by atoms with Crippen molar-refractivity contribution in [2.45, 2.75) is 0 Å². The van der Waals surface area contributed by atoms with Gasteiger partial charge in [-0.3, -0.25) is 4.79 Å². The highest BCUT2D eigenvalue weighted by Crippen LogP contribution is 2.26. The van der Waals surface area contributed by atoms with Crippen LogP contribution in [0.2, 0.25) is 0 Å². The number of benzene rings is 2. The fraction of sp³-hybridized carbons (Fsp3) is 0. The highest BCUT2D eigenvalue weighted by Gasteiger charge is 2.13. The number of halogens is 2. The van der Waals surface area contributed by atoms with Crippen molar-refractivity contribution in [3.05, 3.63) is 52.3 Å². The number of hydrogen-bond donors (Lipinski definition) is 3. The number of nitrogen functional groups attached to an aromatic ring is 1. The van der Waals surface area contributed by atoms with Crippen LogP contribution in [0.3, 0.4) is 0 Å². The van der Waals surface area contributed by atoms with E-state index in [1.54, 1.807) is 0 Å². The summed E-state index contributed by atoms with van der Waals surface area (Å²) in [6, 6.07) is 8.43. The summed E-state index contributed by atoms with van der Waals surface area (Å²) in [5.74, 6) is -1.25. The molecule has 1 amide bonds. The first-order valence-corrected chi connectivity index (χ1v) is 6.12. The average Bonchev–Trinajstić information content (AvgIpc) is 2.37. The normalized spacial score (nSPS) is 10.2. The first-order chi connectivity index (χ1) is 8.99. The van der Waals surface area contributed by atoms with E-state index in [1.807, 2.05) is 0 Å². The quantitative estimate of drug-likeness (QED) is 0.743. The number of carbonyl (C=O) groups is 1. The van der Waals surface area contributed by atoms with Crippen LogP contribution in [-0.2, 0) is 0 Å². The van der Waals surface area contributed by atoms with Crippen LogP contribution in [0.4, 0.5) is 15.8 Å². The molecule has 0 spiro atoms. The number of hydrogen-bond acceptors (Lipinski definition) is 3. The summed E-state index contributed by atoms with van der Waals surface area (Å²) in [7, 11) is 0. The fourth-order valence-electron chi connectivity index (χ4n) is 1.51. The molecule has 4 N–H and O–H groups in total. The van der Waals surface area contributed by atoms with Crippen molar-refractivity contribution in [2.24, 2.45) is 0 Å². The molecule has 0 atom stereocenters. The average molecular weight is 325 g/mol. The zero-order chi connectivity index (χ0) is 14.0. The van der Waals surface area contributed by atoms with Crippen LogP contribution in [0, 0.1) is 5.82 Å². The molecule has 98 valence electrons. The molecule has 6 heteroatoms. The lowest BCUT2D eigenvalue weighted by atomic mass is 10.2. The zero-order valence-electron chi connectivity index (χ0n) is 9.65. The summed E-state index contributed by atoms with van der Waals surface area (Å²) < 4.78 is 14.0. The van der Waals surface area contributed by atoms with Gasteiger partial charge in [-0.2, -0.15) is 0 Å². The summed E-state index contributed by atoms with van der Waals surface area (Å²) >= 11 is 3.11. The van der Waals surface area contributed by atoms with Crippen LogP contribution in [0.1, 0.15) is 10.4 Å². The van der Waals surface area contributed by atoms with Crippen LogP contribution in [-0.4, -0.2) is 11.0 Å². The second kappa shape index (κ2) is 5.27. The van der Waals surface area contributed by atoms with Gasteiger partial charge in [0.2, 0.25) is 0 Å². The topological polar surface area (TPSA) is 75.3 Å². The number of aromatic hydroxyl groups is 1. The molecule has 0 aromatic heterocycles. The van der Waals surface area contributed by atoms with Crippen LogP contribution in [0.25, 0.3) is 0 Å². The second-order valence-corrected chi connectivity index (χ2v) is 4.68. The third-order valence-corrected chi connectivity index (χ3v) is 3.16. The van der Waals surface area contributed by atoms with E-state index in [1.165, 1.54) is 36.4 Å². The van der Waals surface area contributed by atoms with Gasteiger partial charge < -0.3 is 16.2 Å². The molecule has 0 saturated heterocycles. The largest absolute Gasteiger partial charge is 0.507 e. The lowest BCUT2D eigenvalue weighted by Gasteiger charge is -2.09. The SMILES string of the molecule is Nc1cccc(F)c1NC(=O)c1ccc(Br)c(O)c1. The third-order valence-electron chi connectivity index (χ3n) is 2.49. The van der Waals surface area contributed by atoms with Crippen molar-refractivity contribution < 1.29 is 14.3 Å². The second-order valence-electron chi connectivity index (χ2n) is 3.82. The number of anilines is 2. The Balaban J connectivity index is 2.28. The predicted octanol–water partition coefficient (Wildman–Crippen LogP) is 3.13. The number of phenolic OH excluding ortho intramolecular Hbond substituents is 1. The van der Waals surface area contributed by atoms with E-state index in [9.17, 15) is 14.3 Å². The number of carbonyl (C=O) groups excluding carboxylic acids is 1. The molecular weight excluding hydrogens is 315 g/mol. The molecule has 2 rings (SSSR count). The summed E-state index contributed by atoms with van der Waals surface area (Å²) in [6.45, 7) is 0. The van der Waals surface area contributed by atoms with Gasteiger partial charge in [0.25, 0.3) is 5.91 Å². The van der Waals surface area contributed by atoms with Gasteiger partial charge in [0, 0.05) is 5.56 Å². The molecule has 2 aromatic carbocycles. The Hall–Kier alpha value is -2.08. The van der Waals surface area contributed by atoms with Crippen molar-refractivity contribution in [3.8, 4) is 5.75 Å². The van der Waals surface area contributed by atoms with Crippen LogP contribution < -0.4 is 11.1 Å². The van der Waals surface area contributed by atoms with E-state index in [0.717, 1.165) is 0 Å². The van der Waals surface area contributed by atoms with Gasteiger partial charge >= 0.3 is 0 Å². The van der Waals surface area contributed by atoms with Gasteiger partial charge in [-0.25, -0.2) is 4.39 Å². The van der Waals surface area contributed by atoms with Gasteiger partial charge in [-0.15, -0.1) is 0 Å². The lowest BCUT2D eigenvalue weighted by molar-refractivity contribution is 0.102. The van der Waals surface area contributed by atoms with E-state index < -0.39 is 11.7 Å². The van der Waals surface area contributed by atoms with Crippen LogP contribution in [0.15, 0.2) is 40.9 Å². The van der Waals surface area contributed by atoms with Crippen molar-refractivity contribution in [1.82, 2.24) is 0 Å². The highest BCUT2D eigenvalue weighted by molar-refractivity contribution is 9.10. The molecule has 0 saturated carbocycles. The van der Waals surface area contributed by atoms with Gasteiger partial charge in [0.15, 0.2) is 0 Å². The maximum Gasteiger partial charge on any atom is 0.255 e. The molecule has 0 aliphatic rings. The number of phenols is 1. The number of rotatable bonds is 2. The van der Waals surface area contributed by atoms with Crippen LogP contribution in [0.5, 0.6) is 5.75 Å². The maximum atomic E-state index is 13.5. The highest BCUT2D eigenvalue weighted by atomic mass is 79.9. The first kappa shape index (κ1) is 13.4. The van der Waals surface area contributed by atoms with E-state index >= 15 is 0 Å².